The molecular formula is C25H37N5O3. The molecule has 4 heterocycles. The third-order valence-electron chi connectivity index (χ3n) is 6.93. The molecule has 3 fully saturated rings. The lowest BCUT2D eigenvalue weighted by Gasteiger charge is -2.25. The van der Waals surface area contributed by atoms with Crippen LogP contribution in [-0.4, -0.2) is 80.6 Å². The Balaban J connectivity index is 1.39. The number of benzene rings is 1. The molecule has 3 aliphatic heterocycles. The van der Waals surface area contributed by atoms with Gasteiger partial charge in [-0.1, -0.05) is 0 Å². The quantitative estimate of drug-likeness (QED) is 0.574. The number of hydrogen-bond donors (Lipinski definition) is 1. The van der Waals surface area contributed by atoms with Crippen LogP contribution in [0.15, 0.2) is 12.1 Å². The zero-order valence-corrected chi connectivity index (χ0v) is 19.9. The number of anilines is 2. The molecule has 0 radical (unpaired) electrons. The van der Waals surface area contributed by atoms with Gasteiger partial charge in [0.15, 0.2) is 11.5 Å². The van der Waals surface area contributed by atoms with Crippen molar-refractivity contribution in [1.29, 1.82) is 0 Å². The molecule has 2 aromatic rings. The van der Waals surface area contributed by atoms with Crippen LogP contribution in [0.25, 0.3) is 10.9 Å². The largest absolute Gasteiger partial charge is 0.493 e. The number of ether oxygens (including phenoxy) is 3. The lowest BCUT2D eigenvalue weighted by molar-refractivity contribution is 0.0875. The Hall–Kier alpha value is -2.32. The third kappa shape index (κ3) is 5.44. The highest BCUT2D eigenvalue weighted by Crippen LogP contribution is 2.36. The summed E-state index contributed by atoms with van der Waals surface area (Å²) < 4.78 is 17.6. The lowest BCUT2D eigenvalue weighted by atomic mass is 10.1. The van der Waals surface area contributed by atoms with Gasteiger partial charge >= 0.3 is 0 Å². The van der Waals surface area contributed by atoms with E-state index in [2.05, 4.69) is 15.1 Å². The van der Waals surface area contributed by atoms with E-state index in [4.69, 9.17) is 24.2 Å². The van der Waals surface area contributed by atoms with Gasteiger partial charge in [-0.3, -0.25) is 0 Å². The van der Waals surface area contributed by atoms with Crippen LogP contribution < -0.4 is 19.7 Å². The zero-order valence-electron chi connectivity index (χ0n) is 19.9. The van der Waals surface area contributed by atoms with Gasteiger partial charge in [-0.15, -0.1) is 0 Å². The van der Waals surface area contributed by atoms with Crippen molar-refractivity contribution in [3.63, 3.8) is 0 Å². The number of likely N-dealkylation sites (tertiary alicyclic amines) is 1. The van der Waals surface area contributed by atoms with Gasteiger partial charge in [0.25, 0.3) is 0 Å². The maximum Gasteiger partial charge on any atom is 0.227 e. The Morgan fingerprint density at radius 2 is 1.85 bits per heavy atom. The fourth-order valence-corrected chi connectivity index (χ4v) is 5.09. The van der Waals surface area contributed by atoms with Crippen molar-refractivity contribution in [2.24, 2.45) is 0 Å². The topological polar surface area (TPSA) is 72.0 Å². The first kappa shape index (κ1) is 22.5. The summed E-state index contributed by atoms with van der Waals surface area (Å²) in [5.41, 5.74) is 0.890. The van der Waals surface area contributed by atoms with Crippen LogP contribution in [0.1, 0.15) is 44.9 Å². The number of nitrogens with zero attached hydrogens (tertiary/aromatic N) is 4. The number of rotatable bonds is 9. The van der Waals surface area contributed by atoms with Crippen molar-refractivity contribution in [2.75, 3.05) is 69.9 Å². The van der Waals surface area contributed by atoms with E-state index in [1.165, 1.54) is 38.8 Å². The molecule has 0 saturated carbocycles. The molecule has 0 bridgehead atoms. The molecule has 8 nitrogen and oxygen atoms in total. The summed E-state index contributed by atoms with van der Waals surface area (Å²) in [6, 6.07) is 4.30. The minimum absolute atomic E-state index is 0.260. The second-order valence-electron chi connectivity index (χ2n) is 9.40. The third-order valence-corrected chi connectivity index (χ3v) is 6.93. The molecule has 1 atom stereocenters. The Morgan fingerprint density at radius 3 is 2.61 bits per heavy atom. The van der Waals surface area contributed by atoms with Gasteiger partial charge in [-0.05, 0) is 64.1 Å². The molecule has 1 N–H and O–H groups in total. The summed E-state index contributed by atoms with van der Waals surface area (Å²) in [6.07, 6.45) is 8.18. The van der Waals surface area contributed by atoms with Crippen LogP contribution >= 0.6 is 0 Å². The first-order chi connectivity index (χ1) is 16.3. The number of fused-ring (bicyclic) bond motifs is 1. The number of hydrogen-bond acceptors (Lipinski definition) is 8. The molecule has 3 aliphatic rings. The highest BCUT2D eigenvalue weighted by Gasteiger charge is 2.22. The number of aromatic nitrogens is 2. The Kier molecular flexibility index (Phi) is 7.31. The van der Waals surface area contributed by atoms with Crippen LogP contribution in [0.3, 0.4) is 0 Å². The van der Waals surface area contributed by atoms with Crippen molar-refractivity contribution in [1.82, 2.24) is 14.9 Å². The standard InChI is InChI=1S/C25H37N5O3/c1-31-22-16-20-21(17-23(22)33-15-7-11-29-9-2-3-10-29)27-25(30-12-4-5-13-30)28-24(20)26-19-8-6-14-32-18-19/h16-17,19H,2-15,18H2,1H3,(H,26,27,28). The molecule has 5 rings (SSSR count). The Labute approximate surface area is 196 Å². The second-order valence-corrected chi connectivity index (χ2v) is 9.40. The molecule has 1 aromatic heterocycles. The van der Waals surface area contributed by atoms with Crippen molar-refractivity contribution in [2.45, 2.75) is 51.0 Å². The second kappa shape index (κ2) is 10.7. The summed E-state index contributed by atoms with van der Waals surface area (Å²) >= 11 is 0. The molecule has 0 amide bonds. The fourth-order valence-electron chi connectivity index (χ4n) is 5.09. The predicted molar refractivity (Wildman–Crippen MR) is 131 cm³/mol. The van der Waals surface area contributed by atoms with Crippen molar-refractivity contribution < 1.29 is 14.2 Å². The molecule has 33 heavy (non-hydrogen) atoms. The summed E-state index contributed by atoms with van der Waals surface area (Å²) in [5, 5.41) is 4.60. The molecule has 1 unspecified atom stereocenters. The molecule has 180 valence electrons. The van der Waals surface area contributed by atoms with E-state index in [0.29, 0.717) is 13.2 Å². The Morgan fingerprint density at radius 1 is 1.03 bits per heavy atom. The highest BCUT2D eigenvalue weighted by molar-refractivity contribution is 5.93. The average molecular weight is 456 g/mol. The van der Waals surface area contributed by atoms with Gasteiger partial charge in [-0.25, -0.2) is 4.98 Å². The van der Waals surface area contributed by atoms with Gasteiger partial charge in [0.2, 0.25) is 5.95 Å². The molecule has 0 spiro atoms. The zero-order chi connectivity index (χ0) is 22.5. The summed E-state index contributed by atoms with van der Waals surface area (Å²) in [6.45, 7) is 7.77. The minimum Gasteiger partial charge on any atom is -0.493 e. The van der Waals surface area contributed by atoms with E-state index in [9.17, 15) is 0 Å². The van der Waals surface area contributed by atoms with Crippen LogP contribution in [0.2, 0.25) is 0 Å². The van der Waals surface area contributed by atoms with Gasteiger partial charge < -0.3 is 29.3 Å². The molecular weight excluding hydrogens is 418 g/mol. The number of methoxy groups -OCH3 is 1. The summed E-state index contributed by atoms with van der Waals surface area (Å²) in [4.78, 5) is 14.7. The highest BCUT2D eigenvalue weighted by atomic mass is 16.5. The Bertz CT molecular complexity index is 922. The van der Waals surface area contributed by atoms with Gasteiger partial charge in [0, 0.05) is 37.7 Å². The van der Waals surface area contributed by atoms with E-state index in [1.807, 2.05) is 12.1 Å². The smallest absolute Gasteiger partial charge is 0.227 e. The predicted octanol–water partition coefficient (Wildman–Crippen LogP) is 3.69. The van der Waals surface area contributed by atoms with Crippen molar-refractivity contribution >= 4 is 22.7 Å². The monoisotopic (exact) mass is 455 g/mol. The van der Waals surface area contributed by atoms with Crippen LogP contribution in [0.4, 0.5) is 11.8 Å². The SMILES string of the molecule is COc1cc2c(NC3CCCOC3)nc(N3CCCC3)nc2cc1OCCCN1CCCC1. The lowest BCUT2D eigenvalue weighted by Crippen LogP contribution is -2.31. The van der Waals surface area contributed by atoms with E-state index < -0.39 is 0 Å². The molecule has 1 aromatic carbocycles. The van der Waals surface area contributed by atoms with Gasteiger partial charge in [-0.2, -0.15) is 4.98 Å². The van der Waals surface area contributed by atoms with E-state index in [-0.39, 0.29) is 6.04 Å². The summed E-state index contributed by atoms with van der Waals surface area (Å²) in [7, 11) is 1.69. The van der Waals surface area contributed by atoms with E-state index in [0.717, 1.165) is 79.7 Å². The maximum absolute atomic E-state index is 6.19. The van der Waals surface area contributed by atoms with Crippen molar-refractivity contribution in [3.05, 3.63) is 12.1 Å². The van der Waals surface area contributed by atoms with Crippen molar-refractivity contribution in [3.8, 4) is 11.5 Å². The first-order valence-corrected chi connectivity index (χ1v) is 12.6. The maximum atomic E-state index is 6.19. The average Bonchev–Trinajstić information content (AvgIpc) is 3.56. The minimum atomic E-state index is 0.260. The van der Waals surface area contributed by atoms with Crippen LogP contribution in [0, 0.1) is 0 Å². The van der Waals surface area contributed by atoms with Crippen LogP contribution in [0.5, 0.6) is 11.5 Å². The summed E-state index contributed by atoms with van der Waals surface area (Å²) in [5.74, 6) is 3.13. The first-order valence-electron chi connectivity index (χ1n) is 12.6. The van der Waals surface area contributed by atoms with Crippen LogP contribution in [-0.2, 0) is 4.74 Å². The van der Waals surface area contributed by atoms with E-state index >= 15 is 0 Å². The molecule has 3 saturated heterocycles. The normalized spacial score (nSPS) is 21.6. The van der Waals surface area contributed by atoms with Gasteiger partial charge in [0.1, 0.15) is 5.82 Å². The molecule has 0 aliphatic carbocycles. The van der Waals surface area contributed by atoms with Gasteiger partial charge in [0.05, 0.1) is 31.9 Å². The molecule has 8 heteroatoms. The van der Waals surface area contributed by atoms with E-state index in [1.54, 1.807) is 7.11 Å². The fraction of sp³-hybridized carbons (Fsp3) is 0.680. The number of nitrogens with one attached hydrogen (secondary N) is 1.